The molecule has 2 heterocycles. The second-order valence-electron chi connectivity index (χ2n) is 7.87. The Hall–Kier alpha value is -3.85. The van der Waals surface area contributed by atoms with Crippen LogP contribution in [0.3, 0.4) is 0 Å². The molecule has 1 amide bonds. The first-order chi connectivity index (χ1) is 16.0. The molecule has 4 rings (SSSR count). The van der Waals surface area contributed by atoms with Crippen LogP contribution in [-0.4, -0.2) is 59.9 Å². The van der Waals surface area contributed by atoms with E-state index < -0.39 is 0 Å². The Bertz CT molecular complexity index is 1220. The number of hydrogen-bond donors (Lipinski definition) is 1. The van der Waals surface area contributed by atoms with Crippen molar-refractivity contribution in [2.75, 3.05) is 13.2 Å². The van der Waals surface area contributed by atoms with Crippen LogP contribution in [0.1, 0.15) is 22.8 Å². The van der Waals surface area contributed by atoms with E-state index in [1.165, 1.54) is 16.9 Å². The zero-order valence-corrected chi connectivity index (χ0v) is 18.5. The summed E-state index contributed by atoms with van der Waals surface area (Å²) in [5.41, 5.74) is 3.67. The molecule has 0 aliphatic carbocycles. The fourth-order valence-corrected chi connectivity index (χ4v) is 3.74. The topological polar surface area (TPSA) is 89.1 Å². The Morgan fingerprint density at radius 2 is 1.82 bits per heavy atom. The second-order valence-corrected chi connectivity index (χ2v) is 7.87. The highest BCUT2D eigenvalue weighted by molar-refractivity contribution is 5.98. The van der Waals surface area contributed by atoms with Crippen LogP contribution in [-0.2, 0) is 6.54 Å². The monoisotopic (exact) mass is 448 g/mol. The molecule has 1 atom stereocenters. The normalized spacial score (nSPS) is 12.0. The van der Waals surface area contributed by atoms with E-state index in [0.717, 1.165) is 16.7 Å². The van der Waals surface area contributed by atoms with Gasteiger partial charge in [0.05, 0.1) is 43.0 Å². The average Bonchev–Trinajstić information content (AvgIpc) is 3.50. The molecule has 0 unspecified atom stereocenters. The number of nitrogens with zero attached hydrogens (tertiary/aromatic N) is 6. The fraction of sp³-hybridized carbons (Fsp3) is 0.250. The first-order valence-electron chi connectivity index (χ1n) is 10.6. The summed E-state index contributed by atoms with van der Waals surface area (Å²) in [5, 5.41) is 22.4. The minimum absolute atomic E-state index is 0.169. The molecule has 0 aliphatic rings. The van der Waals surface area contributed by atoms with Crippen molar-refractivity contribution in [3.63, 3.8) is 0 Å². The predicted molar refractivity (Wildman–Crippen MR) is 121 cm³/mol. The molecule has 0 saturated heterocycles. The van der Waals surface area contributed by atoms with Gasteiger partial charge in [-0.1, -0.05) is 23.8 Å². The highest BCUT2D eigenvalue weighted by Gasteiger charge is 2.25. The maximum Gasteiger partial charge on any atom is 0.256 e. The number of hydrogen-bond acceptors (Lipinski definition) is 5. The van der Waals surface area contributed by atoms with Gasteiger partial charge in [-0.15, -0.1) is 0 Å². The van der Waals surface area contributed by atoms with Crippen molar-refractivity contribution in [1.29, 1.82) is 0 Å². The smallest absolute Gasteiger partial charge is 0.256 e. The summed E-state index contributed by atoms with van der Waals surface area (Å²) in [5.74, 6) is -0.516. The molecule has 2 aromatic carbocycles. The molecular formula is C24H25FN6O2. The molecule has 170 valence electrons. The highest BCUT2D eigenvalue weighted by Crippen LogP contribution is 2.21. The molecule has 2 aromatic heterocycles. The molecular weight excluding hydrogens is 423 g/mol. The second kappa shape index (κ2) is 9.74. The van der Waals surface area contributed by atoms with Gasteiger partial charge >= 0.3 is 0 Å². The van der Waals surface area contributed by atoms with E-state index in [9.17, 15) is 14.3 Å². The van der Waals surface area contributed by atoms with Crippen LogP contribution < -0.4 is 0 Å². The standard InChI is InChI=1S/C24H25FN6O2/c1-17-3-8-23(31-26-9-10-27-31)22(13-17)24(33)30(11-12-32)18(2)15-29-16-20(14-28-29)19-4-6-21(25)7-5-19/h3-10,13-14,16,18,32H,11-12,15H2,1-2H3/t18-/m0/s1. The van der Waals surface area contributed by atoms with Crippen LogP contribution in [0.25, 0.3) is 16.8 Å². The van der Waals surface area contributed by atoms with E-state index in [-0.39, 0.29) is 30.9 Å². The summed E-state index contributed by atoms with van der Waals surface area (Å²) >= 11 is 0. The summed E-state index contributed by atoms with van der Waals surface area (Å²) in [6, 6.07) is 11.5. The lowest BCUT2D eigenvalue weighted by Gasteiger charge is -2.29. The predicted octanol–water partition coefficient (Wildman–Crippen LogP) is 3.10. The third-order valence-electron chi connectivity index (χ3n) is 5.41. The minimum Gasteiger partial charge on any atom is -0.395 e. The number of carbonyl (C=O) groups is 1. The van der Waals surface area contributed by atoms with E-state index in [0.29, 0.717) is 17.8 Å². The molecule has 1 N–H and O–H groups in total. The van der Waals surface area contributed by atoms with E-state index >= 15 is 0 Å². The van der Waals surface area contributed by atoms with Crippen LogP contribution in [0, 0.1) is 12.7 Å². The van der Waals surface area contributed by atoms with Gasteiger partial charge in [0.1, 0.15) is 5.82 Å². The van der Waals surface area contributed by atoms with Gasteiger partial charge in [-0.3, -0.25) is 9.48 Å². The summed E-state index contributed by atoms with van der Waals surface area (Å²) < 4.78 is 15.0. The number of aryl methyl sites for hydroxylation is 1. The largest absolute Gasteiger partial charge is 0.395 e. The van der Waals surface area contributed by atoms with Crippen LogP contribution in [0.2, 0.25) is 0 Å². The zero-order valence-electron chi connectivity index (χ0n) is 18.5. The quantitative estimate of drug-likeness (QED) is 0.447. The SMILES string of the molecule is Cc1ccc(-n2nccn2)c(C(=O)N(CCO)[C@@H](C)Cn2cc(-c3ccc(F)cc3)cn2)c1. The lowest BCUT2D eigenvalue weighted by molar-refractivity contribution is 0.0628. The Morgan fingerprint density at radius 3 is 2.52 bits per heavy atom. The summed E-state index contributed by atoms with van der Waals surface area (Å²) in [7, 11) is 0. The third-order valence-corrected chi connectivity index (χ3v) is 5.41. The van der Waals surface area contributed by atoms with Gasteiger partial charge in [-0.2, -0.15) is 20.1 Å². The maximum absolute atomic E-state index is 13.6. The lowest BCUT2D eigenvalue weighted by atomic mass is 10.1. The summed E-state index contributed by atoms with van der Waals surface area (Å²) in [6.45, 7) is 4.25. The Labute approximate surface area is 190 Å². The van der Waals surface area contributed by atoms with E-state index in [1.54, 1.807) is 46.4 Å². The van der Waals surface area contributed by atoms with Crippen molar-refractivity contribution in [3.05, 3.63) is 84.2 Å². The highest BCUT2D eigenvalue weighted by atomic mass is 19.1. The van der Waals surface area contributed by atoms with Crippen molar-refractivity contribution >= 4 is 5.91 Å². The Kier molecular flexibility index (Phi) is 6.60. The number of aliphatic hydroxyl groups is 1. The number of halogens is 1. The van der Waals surface area contributed by atoms with Crippen molar-refractivity contribution < 1.29 is 14.3 Å². The molecule has 0 fully saturated rings. The van der Waals surface area contributed by atoms with E-state index in [2.05, 4.69) is 15.3 Å². The molecule has 8 nitrogen and oxygen atoms in total. The molecule has 0 aliphatic heterocycles. The van der Waals surface area contributed by atoms with Gasteiger partial charge in [0.2, 0.25) is 0 Å². The molecule has 4 aromatic rings. The summed E-state index contributed by atoms with van der Waals surface area (Å²) in [4.78, 5) is 16.6. The number of carbonyl (C=O) groups excluding carboxylic acids is 1. The van der Waals surface area contributed by atoms with Crippen LogP contribution in [0.5, 0.6) is 0 Å². The van der Waals surface area contributed by atoms with Gasteiger partial charge in [0, 0.05) is 24.3 Å². The van der Waals surface area contributed by atoms with E-state index in [4.69, 9.17) is 0 Å². The van der Waals surface area contributed by atoms with Crippen molar-refractivity contribution in [3.8, 4) is 16.8 Å². The first-order valence-corrected chi connectivity index (χ1v) is 10.6. The Balaban J connectivity index is 1.57. The number of rotatable bonds is 8. The van der Waals surface area contributed by atoms with Crippen LogP contribution in [0.15, 0.2) is 67.3 Å². The molecule has 9 heteroatoms. The van der Waals surface area contributed by atoms with Gasteiger partial charge in [-0.05, 0) is 43.7 Å². The molecule has 0 radical (unpaired) electrons. The van der Waals surface area contributed by atoms with Crippen molar-refractivity contribution in [2.24, 2.45) is 0 Å². The Morgan fingerprint density at radius 1 is 1.09 bits per heavy atom. The minimum atomic E-state index is -0.293. The molecule has 0 bridgehead atoms. The molecule has 33 heavy (non-hydrogen) atoms. The maximum atomic E-state index is 13.6. The van der Waals surface area contributed by atoms with Crippen molar-refractivity contribution in [1.82, 2.24) is 29.7 Å². The zero-order chi connectivity index (χ0) is 23.4. The van der Waals surface area contributed by atoms with Crippen LogP contribution >= 0.6 is 0 Å². The molecule has 0 spiro atoms. The van der Waals surface area contributed by atoms with Gasteiger partial charge in [0.25, 0.3) is 5.91 Å². The average molecular weight is 449 g/mol. The third kappa shape index (κ3) is 4.98. The number of aliphatic hydroxyl groups excluding tert-OH is 1. The lowest BCUT2D eigenvalue weighted by Crippen LogP contribution is -2.43. The van der Waals surface area contributed by atoms with E-state index in [1.807, 2.05) is 32.2 Å². The van der Waals surface area contributed by atoms with Crippen molar-refractivity contribution in [2.45, 2.75) is 26.4 Å². The van der Waals surface area contributed by atoms with Gasteiger partial charge < -0.3 is 10.0 Å². The fourth-order valence-electron chi connectivity index (χ4n) is 3.74. The van der Waals surface area contributed by atoms with Crippen LogP contribution in [0.4, 0.5) is 4.39 Å². The number of amides is 1. The number of benzene rings is 2. The van der Waals surface area contributed by atoms with Gasteiger partial charge in [-0.25, -0.2) is 4.39 Å². The summed E-state index contributed by atoms with van der Waals surface area (Å²) in [6.07, 6.45) is 6.68. The number of aromatic nitrogens is 5. The van der Waals surface area contributed by atoms with Gasteiger partial charge in [0.15, 0.2) is 0 Å². The first kappa shape index (κ1) is 22.3. The molecule has 0 saturated carbocycles.